The number of aliphatic hydroxyl groups is 1. The third-order valence-electron chi connectivity index (χ3n) is 6.51. The van der Waals surface area contributed by atoms with Crippen molar-refractivity contribution in [1.29, 1.82) is 0 Å². The van der Waals surface area contributed by atoms with Gasteiger partial charge >= 0.3 is 0 Å². The van der Waals surface area contributed by atoms with Crippen LogP contribution in [0.4, 0.5) is 5.82 Å². The van der Waals surface area contributed by atoms with Crippen LogP contribution in [0.3, 0.4) is 0 Å². The van der Waals surface area contributed by atoms with E-state index < -0.39 is 6.10 Å². The predicted molar refractivity (Wildman–Crippen MR) is 155 cm³/mol. The Balaban J connectivity index is 0.00000172. The largest absolute Gasteiger partial charge is 0.491 e. The summed E-state index contributed by atoms with van der Waals surface area (Å²) in [5, 5.41) is 17.9. The van der Waals surface area contributed by atoms with Gasteiger partial charge in [-0.25, -0.2) is 9.97 Å². The first-order chi connectivity index (χ1) is 18.9. The molecule has 206 valence electrons. The van der Waals surface area contributed by atoms with Gasteiger partial charge in [-0.05, 0) is 56.3 Å². The number of fused-ring (bicyclic) bond motifs is 1. The number of anilines is 1. The third kappa shape index (κ3) is 6.06. The molecule has 1 atom stereocenters. The van der Waals surface area contributed by atoms with Crippen molar-refractivity contribution in [2.45, 2.75) is 46.9 Å². The van der Waals surface area contributed by atoms with E-state index in [0.717, 1.165) is 34.0 Å². The maximum Gasteiger partial charge on any atom is 0.163 e. The fraction of sp³-hybridized carbons (Fsp3) is 0.379. The number of hydrogen-bond donors (Lipinski definition) is 2. The van der Waals surface area contributed by atoms with E-state index >= 15 is 0 Å². The molecule has 1 aliphatic heterocycles. The van der Waals surface area contributed by atoms with Gasteiger partial charge in [-0.1, -0.05) is 31.5 Å². The van der Waals surface area contributed by atoms with E-state index in [1.165, 1.54) is 5.56 Å². The third-order valence-corrected chi connectivity index (χ3v) is 6.84. The monoisotopic (exact) mass is 549 g/mol. The Morgan fingerprint density at radius 1 is 1.15 bits per heavy atom. The number of rotatable bonds is 8. The van der Waals surface area contributed by atoms with Gasteiger partial charge in [0.1, 0.15) is 24.3 Å². The summed E-state index contributed by atoms with van der Waals surface area (Å²) in [6.07, 6.45) is 3.03. The van der Waals surface area contributed by atoms with E-state index in [1.807, 2.05) is 64.0 Å². The number of aryl methyl sites for hydroxylation is 2. The summed E-state index contributed by atoms with van der Waals surface area (Å²) in [6, 6.07) is 9.44. The quantitative estimate of drug-likeness (QED) is 0.326. The molecule has 0 bridgehead atoms. The Bertz CT molecular complexity index is 1390. The average Bonchev–Trinajstić information content (AvgIpc) is 3.52. The van der Waals surface area contributed by atoms with Gasteiger partial charge < -0.3 is 20.1 Å². The van der Waals surface area contributed by atoms with Crippen LogP contribution < -0.4 is 15.0 Å². The van der Waals surface area contributed by atoms with Crippen molar-refractivity contribution in [2.24, 2.45) is 7.05 Å². The molecule has 0 spiro atoms. The van der Waals surface area contributed by atoms with Crippen LogP contribution in [0.1, 0.15) is 36.2 Å². The van der Waals surface area contributed by atoms with Crippen LogP contribution >= 0.6 is 11.6 Å². The summed E-state index contributed by atoms with van der Waals surface area (Å²) in [5.41, 5.74) is 6.60. The molecule has 0 amide bonds. The van der Waals surface area contributed by atoms with E-state index in [0.29, 0.717) is 41.8 Å². The number of benzene rings is 1. The molecule has 0 saturated heterocycles. The topological polar surface area (TPSA) is 101 Å². The number of pyridine rings is 1. The molecule has 3 aromatic heterocycles. The number of likely N-dealkylation sites (N-methyl/N-ethyl adjacent to an activating group) is 1. The Labute approximate surface area is 234 Å². The lowest BCUT2D eigenvalue weighted by molar-refractivity contribution is 0.108. The molecular formula is C29H36ClN7O2. The van der Waals surface area contributed by atoms with Crippen molar-refractivity contribution < 1.29 is 9.84 Å². The Morgan fingerprint density at radius 2 is 1.95 bits per heavy atom. The van der Waals surface area contributed by atoms with Crippen LogP contribution in [0.5, 0.6) is 5.75 Å². The molecule has 0 fully saturated rings. The smallest absolute Gasteiger partial charge is 0.163 e. The standard InChI is InChI=1S/C27H30ClN7O2.C2H6/c1-16-11-31-34(4)25(16)24-17(2)27(35-13-18-6-5-9-30-23(18)14-35)33-26(32-24)21-10-20(7-8-22(21)28)37-15-19(36)12-29-3;1-2/h5-11,19,29,36H,12-15H2,1-4H3;1-2H3. The number of aromatic nitrogens is 5. The number of aliphatic hydroxyl groups excluding tert-OH is 1. The molecule has 9 nitrogen and oxygen atoms in total. The number of nitrogens with zero attached hydrogens (tertiary/aromatic N) is 6. The van der Waals surface area contributed by atoms with Gasteiger partial charge in [-0.3, -0.25) is 9.67 Å². The van der Waals surface area contributed by atoms with Crippen molar-refractivity contribution in [3.8, 4) is 28.5 Å². The summed E-state index contributed by atoms with van der Waals surface area (Å²) in [6.45, 7) is 10.0. The van der Waals surface area contributed by atoms with Gasteiger partial charge in [-0.2, -0.15) is 5.10 Å². The summed E-state index contributed by atoms with van der Waals surface area (Å²) < 4.78 is 7.67. The van der Waals surface area contributed by atoms with Gasteiger partial charge in [0.25, 0.3) is 0 Å². The summed E-state index contributed by atoms with van der Waals surface area (Å²) in [4.78, 5) is 16.8. The minimum atomic E-state index is -0.629. The lowest BCUT2D eigenvalue weighted by Gasteiger charge is -2.22. The number of ether oxygens (including phenoxy) is 1. The fourth-order valence-corrected chi connectivity index (χ4v) is 4.86. The van der Waals surface area contributed by atoms with Crippen molar-refractivity contribution in [3.05, 3.63) is 70.1 Å². The molecule has 1 aliphatic rings. The van der Waals surface area contributed by atoms with E-state index in [9.17, 15) is 5.11 Å². The van der Waals surface area contributed by atoms with Gasteiger partial charge in [0.2, 0.25) is 0 Å². The molecule has 10 heteroatoms. The molecule has 0 saturated carbocycles. The highest BCUT2D eigenvalue weighted by Crippen LogP contribution is 2.37. The summed E-state index contributed by atoms with van der Waals surface area (Å²) in [7, 11) is 3.70. The molecular weight excluding hydrogens is 514 g/mol. The highest BCUT2D eigenvalue weighted by molar-refractivity contribution is 6.33. The second-order valence-electron chi connectivity index (χ2n) is 9.27. The minimum absolute atomic E-state index is 0.153. The molecule has 4 aromatic rings. The van der Waals surface area contributed by atoms with Crippen LogP contribution in [0.25, 0.3) is 22.8 Å². The number of nitrogens with one attached hydrogen (secondary N) is 1. The summed E-state index contributed by atoms with van der Waals surface area (Å²) >= 11 is 6.67. The first-order valence-electron chi connectivity index (χ1n) is 13.2. The fourth-order valence-electron chi connectivity index (χ4n) is 4.65. The van der Waals surface area contributed by atoms with Crippen LogP contribution in [-0.4, -0.2) is 56.1 Å². The molecule has 4 heterocycles. The molecule has 1 unspecified atom stereocenters. The van der Waals surface area contributed by atoms with E-state index in [1.54, 1.807) is 19.2 Å². The molecule has 1 aromatic carbocycles. The van der Waals surface area contributed by atoms with Gasteiger partial charge in [0, 0.05) is 37.5 Å². The molecule has 39 heavy (non-hydrogen) atoms. The highest BCUT2D eigenvalue weighted by Gasteiger charge is 2.27. The zero-order valence-corrected chi connectivity index (χ0v) is 24.1. The van der Waals surface area contributed by atoms with Crippen LogP contribution in [0.2, 0.25) is 5.02 Å². The lowest BCUT2D eigenvalue weighted by Crippen LogP contribution is -2.29. The van der Waals surface area contributed by atoms with E-state index in [2.05, 4.69) is 26.4 Å². The lowest BCUT2D eigenvalue weighted by atomic mass is 10.1. The van der Waals surface area contributed by atoms with E-state index in [-0.39, 0.29) is 6.61 Å². The maximum atomic E-state index is 10.1. The van der Waals surface area contributed by atoms with Crippen molar-refractivity contribution >= 4 is 17.4 Å². The van der Waals surface area contributed by atoms with Crippen molar-refractivity contribution in [1.82, 2.24) is 30.0 Å². The second-order valence-corrected chi connectivity index (χ2v) is 9.68. The van der Waals surface area contributed by atoms with Crippen LogP contribution in [0.15, 0.2) is 42.7 Å². The molecule has 0 aliphatic carbocycles. The number of halogens is 1. The Hall–Kier alpha value is -3.53. The molecule has 2 N–H and O–H groups in total. The normalized spacial score (nSPS) is 13.1. The summed E-state index contributed by atoms with van der Waals surface area (Å²) in [5.74, 6) is 1.90. The van der Waals surface area contributed by atoms with Gasteiger partial charge in [0.05, 0.1) is 34.8 Å². The van der Waals surface area contributed by atoms with Crippen LogP contribution in [-0.2, 0) is 20.1 Å². The van der Waals surface area contributed by atoms with Gasteiger partial charge in [-0.15, -0.1) is 0 Å². The first-order valence-corrected chi connectivity index (χ1v) is 13.5. The Kier molecular flexibility index (Phi) is 9.16. The van der Waals surface area contributed by atoms with E-state index in [4.69, 9.17) is 26.3 Å². The molecule has 0 radical (unpaired) electrons. The zero-order valence-electron chi connectivity index (χ0n) is 23.4. The second kappa shape index (κ2) is 12.5. The van der Waals surface area contributed by atoms with Crippen molar-refractivity contribution in [2.75, 3.05) is 25.1 Å². The minimum Gasteiger partial charge on any atom is -0.491 e. The first kappa shape index (κ1) is 28.5. The van der Waals surface area contributed by atoms with Crippen LogP contribution in [0, 0.1) is 13.8 Å². The maximum absolute atomic E-state index is 10.1. The molecule has 5 rings (SSSR count). The highest BCUT2D eigenvalue weighted by atomic mass is 35.5. The SMILES string of the molecule is CC.CNCC(O)COc1ccc(Cl)c(-c2nc(-c3c(C)cnn3C)c(C)c(N3Cc4cccnc4C3)n2)c1. The number of hydrogen-bond acceptors (Lipinski definition) is 8. The predicted octanol–water partition coefficient (Wildman–Crippen LogP) is 4.71. The average molecular weight is 550 g/mol. The van der Waals surface area contributed by atoms with Crippen molar-refractivity contribution in [3.63, 3.8) is 0 Å². The van der Waals surface area contributed by atoms with Gasteiger partial charge in [0.15, 0.2) is 5.82 Å². The Morgan fingerprint density at radius 3 is 2.64 bits per heavy atom. The zero-order chi connectivity index (χ0) is 28.1.